The Morgan fingerprint density at radius 3 is 2.53 bits per heavy atom. The highest BCUT2D eigenvalue weighted by molar-refractivity contribution is 8.01. The number of hydrogen-bond acceptors (Lipinski definition) is 4. The molecule has 2 N–H and O–H groups in total. The number of aliphatic carboxylic acids is 1. The average molecular weight is 271 g/mol. The summed E-state index contributed by atoms with van der Waals surface area (Å²) in [6, 6.07) is 9.45. The highest BCUT2D eigenvalue weighted by Crippen LogP contribution is 2.23. The number of amides is 1. The highest BCUT2D eigenvalue weighted by Gasteiger charge is 2.18. The third kappa shape index (κ3) is 5.14. The van der Waals surface area contributed by atoms with Gasteiger partial charge in [-0.25, -0.2) is 0 Å². The van der Waals surface area contributed by atoms with Crippen LogP contribution < -0.4 is 5.32 Å². The largest absolute Gasteiger partial charge is 0.480 e. The van der Waals surface area contributed by atoms with Gasteiger partial charge in [-0.05, 0) is 12.1 Å². The van der Waals surface area contributed by atoms with E-state index in [1.165, 1.54) is 11.8 Å². The number of carboxylic acids is 1. The molecular weight excluding hydrogens is 258 g/mol. The topological polar surface area (TPSA) is 66.4 Å². The van der Waals surface area contributed by atoms with E-state index >= 15 is 0 Å². The number of carbonyl (C=O) groups excluding carboxylic acids is 1. The standard InChI is InChI=1S/C11H13NO3S2/c13-10(14)6-12-11(15)9(7-16)17-8-4-2-1-3-5-8/h1-5,9,16H,6-7H2,(H,12,15)(H,13,14). The number of thiol groups is 1. The Bertz CT molecular complexity index is 384. The smallest absolute Gasteiger partial charge is 0.322 e. The number of thioether (sulfide) groups is 1. The first kappa shape index (κ1) is 13.9. The monoisotopic (exact) mass is 271 g/mol. The minimum absolute atomic E-state index is 0.309. The van der Waals surface area contributed by atoms with E-state index in [4.69, 9.17) is 5.11 Å². The van der Waals surface area contributed by atoms with E-state index in [9.17, 15) is 9.59 Å². The summed E-state index contributed by atoms with van der Waals surface area (Å²) in [7, 11) is 0. The van der Waals surface area contributed by atoms with Crippen molar-refractivity contribution in [2.45, 2.75) is 10.1 Å². The Morgan fingerprint density at radius 1 is 1.35 bits per heavy atom. The molecule has 17 heavy (non-hydrogen) atoms. The molecule has 1 aromatic carbocycles. The van der Waals surface area contributed by atoms with E-state index in [0.29, 0.717) is 5.75 Å². The minimum Gasteiger partial charge on any atom is -0.480 e. The molecular formula is C11H13NO3S2. The van der Waals surface area contributed by atoms with Gasteiger partial charge >= 0.3 is 5.97 Å². The van der Waals surface area contributed by atoms with Crippen molar-refractivity contribution in [3.8, 4) is 0 Å². The minimum atomic E-state index is -1.05. The van der Waals surface area contributed by atoms with Gasteiger partial charge < -0.3 is 10.4 Å². The van der Waals surface area contributed by atoms with Crippen molar-refractivity contribution in [1.29, 1.82) is 0 Å². The molecule has 0 radical (unpaired) electrons. The molecule has 0 aliphatic carbocycles. The van der Waals surface area contributed by atoms with Crippen LogP contribution in [0, 0.1) is 0 Å². The molecule has 0 saturated heterocycles. The lowest BCUT2D eigenvalue weighted by Crippen LogP contribution is -2.37. The molecule has 0 heterocycles. The average Bonchev–Trinajstić information content (AvgIpc) is 2.34. The lowest BCUT2D eigenvalue weighted by molar-refractivity contribution is -0.137. The summed E-state index contributed by atoms with van der Waals surface area (Å²) in [6.45, 7) is -0.363. The number of carboxylic acid groups (broad SMARTS) is 1. The third-order valence-electron chi connectivity index (χ3n) is 1.89. The molecule has 1 aromatic rings. The molecule has 1 unspecified atom stereocenters. The van der Waals surface area contributed by atoms with Crippen molar-refractivity contribution in [2.75, 3.05) is 12.3 Å². The second-order valence-electron chi connectivity index (χ2n) is 3.21. The number of benzene rings is 1. The van der Waals surface area contributed by atoms with Crippen LogP contribution in [0.4, 0.5) is 0 Å². The predicted molar refractivity (Wildman–Crippen MR) is 70.6 cm³/mol. The van der Waals surface area contributed by atoms with E-state index < -0.39 is 5.97 Å². The van der Waals surface area contributed by atoms with Crippen LogP contribution in [0.5, 0.6) is 0 Å². The van der Waals surface area contributed by atoms with Gasteiger partial charge in [0.15, 0.2) is 0 Å². The normalized spacial score (nSPS) is 11.8. The van der Waals surface area contributed by atoms with Gasteiger partial charge in [0.05, 0.1) is 5.25 Å². The summed E-state index contributed by atoms with van der Waals surface area (Å²) in [4.78, 5) is 22.9. The van der Waals surface area contributed by atoms with E-state index in [-0.39, 0.29) is 17.7 Å². The van der Waals surface area contributed by atoms with E-state index in [1.807, 2.05) is 30.3 Å². The summed E-state index contributed by atoms with van der Waals surface area (Å²) in [5, 5.41) is 10.4. The van der Waals surface area contributed by atoms with Crippen molar-refractivity contribution >= 4 is 36.3 Å². The van der Waals surface area contributed by atoms with Gasteiger partial charge in [0.1, 0.15) is 6.54 Å². The highest BCUT2D eigenvalue weighted by atomic mass is 32.2. The molecule has 0 fully saturated rings. The lowest BCUT2D eigenvalue weighted by atomic mass is 10.4. The first-order chi connectivity index (χ1) is 8.13. The number of rotatable bonds is 6. The predicted octanol–water partition coefficient (Wildman–Crippen LogP) is 1.28. The van der Waals surface area contributed by atoms with E-state index in [2.05, 4.69) is 17.9 Å². The maximum Gasteiger partial charge on any atom is 0.322 e. The molecule has 92 valence electrons. The van der Waals surface area contributed by atoms with Crippen LogP contribution in [0.2, 0.25) is 0 Å². The molecule has 0 aliphatic heterocycles. The molecule has 6 heteroatoms. The number of nitrogens with one attached hydrogen (secondary N) is 1. The van der Waals surface area contributed by atoms with Crippen LogP contribution in [0.1, 0.15) is 0 Å². The quantitative estimate of drug-likeness (QED) is 0.538. The Morgan fingerprint density at radius 2 is 2.00 bits per heavy atom. The fraction of sp³-hybridized carbons (Fsp3) is 0.273. The summed E-state index contributed by atoms with van der Waals surface area (Å²) < 4.78 is 0. The van der Waals surface area contributed by atoms with Gasteiger partial charge in [0.2, 0.25) is 5.91 Å². The molecule has 1 atom stereocenters. The summed E-state index contributed by atoms with van der Waals surface area (Å²) in [5.74, 6) is -1.01. The SMILES string of the molecule is O=C(O)CNC(=O)C(CS)Sc1ccccc1. The maximum atomic E-state index is 11.6. The van der Waals surface area contributed by atoms with Crippen molar-refractivity contribution in [3.63, 3.8) is 0 Å². The number of hydrogen-bond donors (Lipinski definition) is 3. The Hall–Kier alpha value is -1.14. The molecule has 4 nitrogen and oxygen atoms in total. The van der Waals surface area contributed by atoms with Crippen LogP contribution in [-0.4, -0.2) is 34.5 Å². The van der Waals surface area contributed by atoms with Crippen molar-refractivity contribution in [1.82, 2.24) is 5.32 Å². The maximum absolute atomic E-state index is 11.6. The first-order valence-corrected chi connectivity index (χ1v) is 6.46. The van der Waals surface area contributed by atoms with Crippen LogP contribution in [0.15, 0.2) is 35.2 Å². The van der Waals surface area contributed by atoms with Crippen molar-refractivity contribution in [2.24, 2.45) is 0 Å². The van der Waals surface area contributed by atoms with Gasteiger partial charge in [-0.2, -0.15) is 12.6 Å². The van der Waals surface area contributed by atoms with Gasteiger partial charge in [-0.3, -0.25) is 9.59 Å². The number of carbonyl (C=O) groups is 2. The van der Waals surface area contributed by atoms with Gasteiger partial charge in [-0.15, -0.1) is 11.8 Å². The molecule has 0 saturated carbocycles. The summed E-state index contributed by atoms with van der Waals surface area (Å²) in [5.41, 5.74) is 0. The first-order valence-electron chi connectivity index (χ1n) is 4.95. The zero-order chi connectivity index (χ0) is 12.7. The van der Waals surface area contributed by atoms with Crippen LogP contribution in [0.3, 0.4) is 0 Å². The zero-order valence-electron chi connectivity index (χ0n) is 9.00. The lowest BCUT2D eigenvalue weighted by Gasteiger charge is -2.13. The van der Waals surface area contributed by atoms with E-state index in [1.54, 1.807) is 0 Å². The van der Waals surface area contributed by atoms with Gasteiger partial charge in [0.25, 0.3) is 0 Å². The summed E-state index contributed by atoms with van der Waals surface area (Å²) >= 11 is 5.47. The van der Waals surface area contributed by atoms with Crippen LogP contribution in [-0.2, 0) is 9.59 Å². The molecule has 1 rings (SSSR count). The Kier molecular flexibility index (Phi) is 5.93. The van der Waals surface area contributed by atoms with Crippen molar-refractivity contribution < 1.29 is 14.7 Å². The Balaban J connectivity index is 2.53. The molecule has 1 amide bonds. The van der Waals surface area contributed by atoms with Gasteiger partial charge in [-0.1, -0.05) is 18.2 Å². The second-order valence-corrected chi connectivity index (χ2v) is 4.85. The second kappa shape index (κ2) is 7.24. The van der Waals surface area contributed by atoms with E-state index in [0.717, 1.165) is 4.90 Å². The summed E-state index contributed by atoms with van der Waals surface area (Å²) in [6.07, 6.45) is 0. The van der Waals surface area contributed by atoms with Crippen molar-refractivity contribution in [3.05, 3.63) is 30.3 Å². The molecule has 0 spiro atoms. The third-order valence-corrected chi connectivity index (χ3v) is 3.72. The van der Waals surface area contributed by atoms with Gasteiger partial charge in [0, 0.05) is 10.6 Å². The zero-order valence-corrected chi connectivity index (χ0v) is 10.7. The fourth-order valence-electron chi connectivity index (χ4n) is 1.11. The van der Waals surface area contributed by atoms with Crippen LogP contribution >= 0.6 is 24.4 Å². The molecule has 0 aromatic heterocycles. The fourth-order valence-corrected chi connectivity index (χ4v) is 2.41. The van der Waals surface area contributed by atoms with Crippen LogP contribution in [0.25, 0.3) is 0 Å². The molecule has 0 aliphatic rings. The Labute approximate surface area is 109 Å². The molecule has 0 bridgehead atoms.